The van der Waals surface area contributed by atoms with Crippen molar-refractivity contribution in [3.8, 4) is 16.3 Å². The van der Waals surface area contributed by atoms with Gasteiger partial charge in [0, 0.05) is 4.47 Å². The van der Waals surface area contributed by atoms with Crippen molar-refractivity contribution in [1.82, 2.24) is 4.98 Å². The highest BCUT2D eigenvalue weighted by atomic mass is 79.9. The topological polar surface area (TPSA) is 33.1 Å². The van der Waals surface area contributed by atoms with Gasteiger partial charge in [0.1, 0.15) is 0 Å². The van der Waals surface area contributed by atoms with Gasteiger partial charge in [-0.1, -0.05) is 28.1 Å². The van der Waals surface area contributed by atoms with Crippen LogP contribution in [0.5, 0.6) is 5.88 Å². The summed E-state index contributed by atoms with van der Waals surface area (Å²) in [7, 11) is 0. The highest BCUT2D eigenvalue weighted by Crippen LogP contribution is 2.34. The fraction of sp³-hybridized carbons (Fsp3) is 0.100. The zero-order chi connectivity index (χ0) is 10.1. The zero-order valence-corrected chi connectivity index (χ0v) is 9.89. The molecular formula is C10H8BrNOS. The Morgan fingerprint density at radius 1 is 1.29 bits per heavy atom. The molecule has 0 bridgehead atoms. The van der Waals surface area contributed by atoms with Crippen molar-refractivity contribution in [1.29, 1.82) is 0 Å². The lowest BCUT2D eigenvalue weighted by molar-refractivity contribution is 0.458. The number of hydrogen-bond acceptors (Lipinski definition) is 3. The van der Waals surface area contributed by atoms with Crippen molar-refractivity contribution in [3.63, 3.8) is 0 Å². The van der Waals surface area contributed by atoms with Crippen LogP contribution in [0.1, 0.15) is 5.01 Å². The normalized spacial score (nSPS) is 10.4. The molecule has 2 nitrogen and oxygen atoms in total. The summed E-state index contributed by atoms with van der Waals surface area (Å²) in [6.07, 6.45) is 0. The third-order valence-corrected chi connectivity index (χ3v) is 3.36. The molecule has 1 heterocycles. The minimum atomic E-state index is 0.120. The molecule has 2 aromatic rings. The molecule has 0 radical (unpaired) electrons. The summed E-state index contributed by atoms with van der Waals surface area (Å²) < 4.78 is 1.03. The largest absolute Gasteiger partial charge is 0.492 e. The SMILES string of the molecule is Cc1nc(O)c(-c2ccc(Br)cc2)s1. The molecule has 1 N–H and O–H groups in total. The first-order valence-electron chi connectivity index (χ1n) is 4.09. The Morgan fingerprint density at radius 3 is 2.43 bits per heavy atom. The molecule has 1 aromatic heterocycles. The Kier molecular flexibility index (Phi) is 2.56. The van der Waals surface area contributed by atoms with Crippen LogP contribution in [0.25, 0.3) is 10.4 Å². The van der Waals surface area contributed by atoms with Crippen LogP contribution in [0.15, 0.2) is 28.7 Å². The van der Waals surface area contributed by atoms with Gasteiger partial charge in [0.15, 0.2) is 0 Å². The van der Waals surface area contributed by atoms with Crippen molar-refractivity contribution in [2.75, 3.05) is 0 Å². The predicted molar refractivity (Wildman–Crippen MR) is 61.7 cm³/mol. The molecule has 0 aliphatic carbocycles. The molecule has 0 saturated heterocycles. The number of thiazole rings is 1. The van der Waals surface area contributed by atoms with E-state index >= 15 is 0 Å². The molecule has 72 valence electrons. The number of benzene rings is 1. The molecule has 1 aromatic carbocycles. The van der Waals surface area contributed by atoms with Gasteiger partial charge in [-0.15, -0.1) is 11.3 Å². The molecule has 0 fully saturated rings. The Balaban J connectivity index is 2.49. The van der Waals surface area contributed by atoms with Crippen LogP contribution in [0, 0.1) is 6.92 Å². The Morgan fingerprint density at radius 2 is 1.93 bits per heavy atom. The first-order chi connectivity index (χ1) is 6.66. The average molecular weight is 270 g/mol. The van der Waals surface area contributed by atoms with Crippen molar-refractivity contribution < 1.29 is 5.11 Å². The molecule has 0 unspecified atom stereocenters. The third kappa shape index (κ3) is 1.81. The van der Waals surface area contributed by atoms with E-state index in [0.29, 0.717) is 0 Å². The third-order valence-electron chi connectivity index (χ3n) is 1.82. The number of aromatic hydroxyl groups is 1. The highest BCUT2D eigenvalue weighted by Gasteiger charge is 2.09. The van der Waals surface area contributed by atoms with Crippen molar-refractivity contribution >= 4 is 27.3 Å². The van der Waals surface area contributed by atoms with Crippen LogP contribution in [0.4, 0.5) is 0 Å². The van der Waals surface area contributed by atoms with Gasteiger partial charge in [-0.05, 0) is 24.6 Å². The van der Waals surface area contributed by atoms with E-state index in [1.165, 1.54) is 11.3 Å². The van der Waals surface area contributed by atoms with Gasteiger partial charge in [0.25, 0.3) is 0 Å². The number of rotatable bonds is 1. The standard InChI is InChI=1S/C10H8BrNOS/c1-6-12-10(13)9(14-6)7-2-4-8(11)5-3-7/h2-5,13H,1H3. The highest BCUT2D eigenvalue weighted by molar-refractivity contribution is 9.10. The van der Waals surface area contributed by atoms with Crippen molar-refractivity contribution in [2.45, 2.75) is 6.92 Å². The summed E-state index contributed by atoms with van der Waals surface area (Å²) in [6.45, 7) is 1.88. The van der Waals surface area contributed by atoms with E-state index in [-0.39, 0.29) is 5.88 Å². The van der Waals surface area contributed by atoms with Crippen LogP contribution in [-0.2, 0) is 0 Å². The smallest absolute Gasteiger partial charge is 0.230 e. The Bertz CT molecular complexity index is 450. The quantitative estimate of drug-likeness (QED) is 0.859. The molecule has 0 saturated carbocycles. The first-order valence-corrected chi connectivity index (χ1v) is 5.70. The second kappa shape index (κ2) is 3.71. The van der Waals surface area contributed by atoms with E-state index in [2.05, 4.69) is 20.9 Å². The number of hydrogen-bond donors (Lipinski definition) is 1. The molecule has 14 heavy (non-hydrogen) atoms. The first kappa shape index (κ1) is 9.68. The zero-order valence-electron chi connectivity index (χ0n) is 7.49. The van der Waals surface area contributed by atoms with E-state index in [1.54, 1.807) is 0 Å². The van der Waals surface area contributed by atoms with E-state index in [0.717, 1.165) is 19.9 Å². The lowest BCUT2D eigenvalue weighted by Gasteiger charge is -1.97. The van der Waals surface area contributed by atoms with E-state index in [9.17, 15) is 5.11 Å². The van der Waals surface area contributed by atoms with E-state index in [1.807, 2.05) is 31.2 Å². The monoisotopic (exact) mass is 269 g/mol. The van der Waals surface area contributed by atoms with Crippen molar-refractivity contribution in [2.24, 2.45) is 0 Å². The van der Waals surface area contributed by atoms with Gasteiger partial charge in [-0.2, -0.15) is 0 Å². The fourth-order valence-electron chi connectivity index (χ4n) is 1.21. The van der Waals surface area contributed by atoms with Gasteiger partial charge in [0.2, 0.25) is 5.88 Å². The lowest BCUT2D eigenvalue weighted by atomic mass is 10.2. The van der Waals surface area contributed by atoms with Crippen molar-refractivity contribution in [3.05, 3.63) is 33.7 Å². The van der Waals surface area contributed by atoms with Crippen LogP contribution in [0.3, 0.4) is 0 Å². The fourth-order valence-corrected chi connectivity index (χ4v) is 2.29. The summed E-state index contributed by atoms with van der Waals surface area (Å²) in [5.41, 5.74) is 0.997. The summed E-state index contributed by atoms with van der Waals surface area (Å²) >= 11 is 4.86. The van der Waals surface area contributed by atoms with Gasteiger partial charge in [-0.25, -0.2) is 4.98 Å². The number of nitrogens with zero attached hydrogens (tertiary/aromatic N) is 1. The summed E-state index contributed by atoms with van der Waals surface area (Å²) in [4.78, 5) is 4.80. The number of aryl methyl sites for hydroxylation is 1. The number of halogens is 1. The van der Waals surface area contributed by atoms with Crippen LogP contribution >= 0.6 is 27.3 Å². The molecular weight excluding hydrogens is 262 g/mol. The summed E-state index contributed by atoms with van der Waals surface area (Å²) in [5, 5.41) is 10.4. The van der Waals surface area contributed by atoms with Gasteiger partial charge in [0.05, 0.1) is 9.88 Å². The van der Waals surface area contributed by atoms with Gasteiger partial charge >= 0.3 is 0 Å². The molecule has 0 amide bonds. The minimum Gasteiger partial charge on any atom is -0.492 e. The predicted octanol–water partition coefficient (Wildman–Crippen LogP) is 3.59. The molecule has 2 rings (SSSR count). The van der Waals surface area contributed by atoms with Gasteiger partial charge < -0.3 is 5.11 Å². The molecule has 4 heteroatoms. The van der Waals surface area contributed by atoms with E-state index in [4.69, 9.17) is 0 Å². The van der Waals surface area contributed by atoms with Crippen LogP contribution in [0.2, 0.25) is 0 Å². The van der Waals surface area contributed by atoms with Crippen LogP contribution in [-0.4, -0.2) is 10.1 Å². The minimum absolute atomic E-state index is 0.120. The second-order valence-corrected chi connectivity index (χ2v) is 5.01. The maximum Gasteiger partial charge on any atom is 0.230 e. The molecule has 0 spiro atoms. The summed E-state index contributed by atoms with van der Waals surface area (Å²) in [6, 6.07) is 7.81. The average Bonchev–Trinajstić information content (AvgIpc) is 2.47. The maximum atomic E-state index is 9.54. The maximum absolute atomic E-state index is 9.54. The molecule has 0 aliphatic heterocycles. The Hall–Kier alpha value is -0.870. The van der Waals surface area contributed by atoms with Gasteiger partial charge in [-0.3, -0.25) is 0 Å². The Labute approximate surface area is 94.4 Å². The van der Waals surface area contributed by atoms with Crippen LogP contribution < -0.4 is 0 Å². The molecule has 0 atom stereocenters. The second-order valence-electron chi connectivity index (χ2n) is 2.89. The lowest BCUT2D eigenvalue weighted by Crippen LogP contribution is -1.73. The number of aromatic nitrogens is 1. The van der Waals surface area contributed by atoms with E-state index < -0.39 is 0 Å². The molecule has 0 aliphatic rings. The summed E-state index contributed by atoms with van der Waals surface area (Å²) in [5.74, 6) is 0.120.